The van der Waals surface area contributed by atoms with Crippen molar-refractivity contribution < 1.29 is 23.1 Å². The normalized spacial score (nSPS) is 10.9. The number of nitrogens with one attached hydrogen (secondary N) is 1. The highest BCUT2D eigenvalue weighted by atomic mass is 32.2. The maximum atomic E-state index is 11.6. The third-order valence-corrected chi connectivity index (χ3v) is 3.35. The van der Waals surface area contributed by atoms with Gasteiger partial charge in [-0.25, -0.2) is 13.6 Å². The molecule has 110 valence electrons. The van der Waals surface area contributed by atoms with E-state index in [9.17, 15) is 18.0 Å². The van der Waals surface area contributed by atoms with Gasteiger partial charge in [-0.3, -0.25) is 9.59 Å². The molecule has 0 fully saturated rings. The van der Waals surface area contributed by atoms with E-state index in [1.54, 1.807) is 0 Å². The van der Waals surface area contributed by atoms with Crippen molar-refractivity contribution in [3.05, 3.63) is 24.3 Å². The summed E-state index contributed by atoms with van der Waals surface area (Å²) in [4.78, 5) is 24.1. The fourth-order valence-corrected chi connectivity index (χ4v) is 1.85. The van der Waals surface area contributed by atoms with Gasteiger partial charge in [-0.05, 0) is 24.3 Å². The SMILES string of the molecule is CN(CCO)C(=O)C(=O)Nc1ccc(S(N)(=O)=O)cc1. The second-order valence-electron chi connectivity index (χ2n) is 3.97. The fraction of sp³-hybridized carbons (Fsp3) is 0.273. The number of hydrogen-bond donors (Lipinski definition) is 3. The molecule has 0 unspecified atom stereocenters. The Kier molecular flexibility index (Phi) is 5.19. The van der Waals surface area contributed by atoms with Crippen molar-refractivity contribution in [3.8, 4) is 0 Å². The molecule has 1 aromatic rings. The molecule has 2 amide bonds. The Balaban J connectivity index is 2.74. The van der Waals surface area contributed by atoms with Crippen molar-refractivity contribution in [2.45, 2.75) is 4.90 Å². The minimum Gasteiger partial charge on any atom is -0.395 e. The van der Waals surface area contributed by atoms with Crippen LogP contribution in [0.5, 0.6) is 0 Å². The molecule has 0 aliphatic heterocycles. The van der Waals surface area contributed by atoms with Crippen LogP contribution in [0.1, 0.15) is 0 Å². The van der Waals surface area contributed by atoms with Crippen molar-refractivity contribution >= 4 is 27.5 Å². The summed E-state index contributed by atoms with van der Waals surface area (Å²) >= 11 is 0. The van der Waals surface area contributed by atoms with E-state index in [2.05, 4.69) is 5.32 Å². The van der Waals surface area contributed by atoms with Crippen LogP contribution in [0.3, 0.4) is 0 Å². The number of nitrogens with two attached hydrogens (primary N) is 1. The highest BCUT2D eigenvalue weighted by Crippen LogP contribution is 2.12. The van der Waals surface area contributed by atoms with Crippen LogP contribution in [0.4, 0.5) is 5.69 Å². The number of sulfonamides is 1. The largest absolute Gasteiger partial charge is 0.395 e. The molecule has 0 radical (unpaired) electrons. The minimum atomic E-state index is -3.80. The van der Waals surface area contributed by atoms with Crippen LogP contribution in [0.2, 0.25) is 0 Å². The van der Waals surface area contributed by atoms with Gasteiger partial charge < -0.3 is 15.3 Å². The number of carbonyl (C=O) groups is 2. The summed E-state index contributed by atoms with van der Waals surface area (Å²) in [6.07, 6.45) is 0. The molecule has 4 N–H and O–H groups in total. The van der Waals surface area contributed by atoms with Gasteiger partial charge in [0, 0.05) is 19.3 Å². The number of carbonyl (C=O) groups excluding carboxylic acids is 2. The molecule has 0 aliphatic rings. The van der Waals surface area contributed by atoms with Crippen LogP contribution in [0.15, 0.2) is 29.2 Å². The predicted molar refractivity (Wildman–Crippen MR) is 71.2 cm³/mol. The van der Waals surface area contributed by atoms with Crippen LogP contribution in [0, 0.1) is 0 Å². The Labute approximate surface area is 116 Å². The van der Waals surface area contributed by atoms with E-state index in [-0.39, 0.29) is 23.7 Å². The number of rotatable bonds is 4. The van der Waals surface area contributed by atoms with Gasteiger partial charge in [0.25, 0.3) is 0 Å². The monoisotopic (exact) mass is 301 g/mol. The van der Waals surface area contributed by atoms with Gasteiger partial charge >= 0.3 is 11.8 Å². The van der Waals surface area contributed by atoms with E-state index in [1.165, 1.54) is 31.3 Å². The molecular weight excluding hydrogens is 286 g/mol. The maximum Gasteiger partial charge on any atom is 0.313 e. The number of likely N-dealkylation sites (N-methyl/N-ethyl adjacent to an activating group) is 1. The average molecular weight is 301 g/mol. The average Bonchev–Trinajstić information content (AvgIpc) is 2.37. The molecule has 1 aromatic carbocycles. The summed E-state index contributed by atoms with van der Waals surface area (Å²) in [5.41, 5.74) is 0.258. The lowest BCUT2D eigenvalue weighted by atomic mass is 10.3. The van der Waals surface area contributed by atoms with E-state index in [0.29, 0.717) is 0 Å². The Hall–Kier alpha value is -1.97. The zero-order valence-electron chi connectivity index (χ0n) is 10.7. The van der Waals surface area contributed by atoms with E-state index < -0.39 is 21.8 Å². The predicted octanol–water partition coefficient (Wildman–Crippen LogP) is -1.28. The summed E-state index contributed by atoms with van der Waals surface area (Å²) in [7, 11) is -2.42. The van der Waals surface area contributed by atoms with Crippen LogP contribution in [-0.4, -0.2) is 50.4 Å². The molecular formula is C11H15N3O5S. The number of benzene rings is 1. The van der Waals surface area contributed by atoms with Gasteiger partial charge in [-0.15, -0.1) is 0 Å². The molecule has 8 nitrogen and oxygen atoms in total. The highest BCUT2D eigenvalue weighted by Gasteiger charge is 2.18. The lowest BCUT2D eigenvalue weighted by Crippen LogP contribution is -2.38. The number of anilines is 1. The van der Waals surface area contributed by atoms with Crippen LogP contribution >= 0.6 is 0 Å². The van der Waals surface area contributed by atoms with E-state index >= 15 is 0 Å². The Morgan fingerprint density at radius 2 is 1.85 bits per heavy atom. The molecule has 0 atom stereocenters. The van der Waals surface area contributed by atoms with Gasteiger partial charge in [0.15, 0.2) is 0 Å². The van der Waals surface area contributed by atoms with E-state index in [1.807, 2.05) is 0 Å². The van der Waals surface area contributed by atoms with Crippen molar-refractivity contribution in [2.75, 3.05) is 25.5 Å². The third kappa shape index (κ3) is 4.30. The smallest absolute Gasteiger partial charge is 0.313 e. The van der Waals surface area contributed by atoms with E-state index in [4.69, 9.17) is 10.2 Å². The highest BCUT2D eigenvalue weighted by molar-refractivity contribution is 7.89. The minimum absolute atomic E-state index is 0.0383. The molecule has 0 spiro atoms. The Morgan fingerprint density at radius 1 is 1.30 bits per heavy atom. The second-order valence-corrected chi connectivity index (χ2v) is 5.54. The van der Waals surface area contributed by atoms with Crippen molar-refractivity contribution in [1.82, 2.24) is 4.90 Å². The van der Waals surface area contributed by atoms with Crippen LogP contribution in [-0.2, 0) is 19.6 Å². The van der Waals surface area contributed by atoms with Crippen molar-refractivity contribution in [2.24, 2.45) is 5.14 Å². The van der Waals surface area contributed by atoms with Gasteiger partial charge in [-0.1, -0.05) is 0 Å². The third-order valence-electron chi connectivity index (χ3n) is 2.42. The van der Waals surface area contributed by atoms with Gasteiger partial charge in [0.05, 0.1) is 11.5 Å². The number of primary sulfonamides is 1. The Bertz CT molecular complexity index is 597. The first kappa shape index (κ1) is 16.1. The number of nitrogens with zero attached hydrogens (tertiary/aromatic N) is 1. The molecule has 0 aliphatic carbocycles. The zero-order chi connectivity index (χ0) is 15.3. The molecule has 20 heavy (non-hydrogen) atoms. The summed E-state index contributed by atoms with van der Waals surface area (Å²) in [5, 5.41) is 15.9. The summed E-state index contributed by atoms with van der Waals surface area (Å²) in [5.74, 6) is -1.70. The van der Waals surface area contributed by atoms with Crippen molar-refractivity contribution in [3.63, 3.8) is 0 Å². The molecule has 1 rings (SSSR count). The quantitative estimate of drug-likeness (QED) is 0.597. The van der Waals surface area contributed by atoms with Crippen LogP contribution in [0.25, 0.3) is 0 Å². The van der Waals surface area contributed by atoms with Gasteiger partial charge in [0.1, 0.15) is 0 Å². The molecule has 0 heterocycles. The van der Waals surface area contributed by atoms with E-state index in [0.717, 1.165) is 4.90 Å². The Morgan fingerprint density at radius 3 is 2.30 bits per heavy atom. The topological polar surface area (TPSA) is 130 Å². The number of aliphatic hydroxyl groups excluding tert-OH is 1. The zero-order valence-corrected chi connectivity index (χ0v) is 11.6. The first-order valence-electron chi connectivity index (χ1n) is 5.56. The standard InChI is InChI=1S/C11H15N3O5S/c1-14(6-7-15)11(17)10(16)13-8-2-4-9(5-3-8)20(12,18)19/h2-5,15H,6-7H2,1H3,(H,13,16)(H2,12,18,19). The van der Waals surface area contributed by atoms with Crippen molar-refractivity contribution in [1.29, 1.82) is 0 Å². The molecule has 0 aromatic heterocycles. The summed E-state index contributed by atoms with van der Waals surface area (Å²) in [6.45, 7) is -0.213. The molecule has 0 bridgehead atoms. The first-order valence-corrected chi connectivity index (χ1v) is 7.10. The van der Waals surface area contributed by atoms with Gasteiger partial charge in [0.2, 0.25) is 10.0 Å². The molecule has 9 heteroatoms. The molecule has 0 saturated carbocycles. The lowest BCUT2D eigenvalue weighted by Gasteiger charge is -2.14. The summed E-state index contributed by atoms with van der Waals surface area (Å²) < 4.78 is 22.1. The maximum absolute atomic E-state index is 11.6. The fourth-order valence-electron chi connectivity index (χ4n) is 1.34. The van der Waals surface area contributed by atoms with Crippen LogP contribution < -0.4 is 10.5 Å². The number of aliphatic hydroxyl groups is 1. The lowest BCUT2D eigenvalue weighted by molar-refractivity contribution is -0.142. The second kappa shape index (κ2) is 6.46. The molecule has 0 saturated heterocycles. The number of amides is 2. The van der Waals surface area contributed by atoms with Gasteiger partial charge in [-0.2, -0.15) is 0 Å². The number of hydrogen-bond acceptors (Lipinski definition) is 5. The summed E-state index contributed by atoms with van der Waals surface area (Å²) in [6, 6.07) is 5.06. The first-order chi connectivity index (χ1) is 9.25.